The summed E-state index contributed by atoms with van der Waals surface area (Å²) in [6.07, 6.45) is 8.68. The molecule has 4 aliphatic rings. The van der Waals surface area contributed by atoms with Crippen molar-refractivity contribution < 1.29 is 9.59 Å². The first-order valence-electron chi connectivity index (χ1n) is 13.3. The van der Waals surface area contributed by atoms with Gasteiger partial charge in [0.05, 0.1) is 0 Å². The van der Waals surface area contributed by atoms with E-state index in [1.165, 1.54) is 45.6 Å². The minimum Gasteiger partial charge on any atom is -0.342 e. The van der Waals surface area contributed by atoms with Crippen molar-refractivity contribution in [2.45, 2.75) is 86.0 Å². The standard InChI is InChI=1S/C22H37N3O2.2C2H6/c1-17(26)19-2-4-20(5-3-19)21(27)25-11-6-18(7-12-25)14-24-13-9-22(16-24)8-10-23-15-22;2*1-2/h18-20,23H,2-16H2,1H3;2*1-2H3. The molecule has 180 valence electrons. The second-order valence-corrected chi connectivity index (χ2v) is 9.84. The third kappa shape index (κ3) is 7.02. The molecule has 0 aromatic carbocycles. The first kappa shape index (κ1) is 26.3. The number of likely N-dealkylation sites (tertiary alicyclic amines) is 2. The van der Waals surface area contributed by atoms with Gasteiger partial charge in [0, 0.05) is 44.6 Å². The third-order valence-electron chi connectivity index (χ3n) is 7.94. The van der Waals surface area contributed by atoms with Gasteiger partial charge < -0.3 is 15.1 Å². The van der Waals surface area contributed by atoms with Crippen LogP contribution in [0.4, 0.5) is 0 Å². The lowest BCUT2D eigenvalue weighted by Gasteiger charge is -2.37. The summed E-state index contributed by atoms with van der Waals surface area (Å²) < 4.78 is 0. The fourth-order valence-corrected chi connectivity index (χ4v) is 6.03. The number of rotatable bonds is 4. The Morgan fingerprint density at radius 3 is 2.03 bits per heavy atom. The first-order chi connectivity index (χ1) is 15.0. The summed E-state index contributed by atoms with van der Waals surface area (Å²) in [6, 6.07) is 0. The van der Waals surface area contributed by atoms with Gasteiger partial charge in [-0.1, -0.05) is 27.7 Å². The first-order valence-corrected chi connectivity index (χ1v) is 13.3. The molecule has 0 radical (unpaired) electrons. The van der Waals surface area contributed by atoms with E-state index in [-0.39, 0.29) is 11.8 Å². The number of amides is 1. The Hall–Kier alpha value is -0.940. The molecule has 1 atom stereocenters. The molecule has 1 spiro atoms. The van der Waals surface area contributed by atoms with Crippen LogP contribution in [0.15, 0.2) is 0 Å². The number of carbonyl (C=O) groups is 2. The molecule has 1 aliphatic carbocycles. The smallest absolute Gasteiger partial charge is 0.225 e. The van der Waals surface area contributed by atoms with Crippen LogP contribution >= 0.6 is 0 Å². The van der Waals surface area contributed by atoms with Crippen LogP contribution in [0.25, 0.3) is 0 Å². The average Bonchev–Trinajstić information content (AvgIpc) is 3.45. The van der Waals surface area contributed by atoms with E-state index < -0.39 is 0 Å². The van der Waals surface area contributed by atoms with Gasteiger partial charge in [-0.05, 0) is 82.7 Å². The van der Waals surface area contributed by atoms with Crippen LogP contribution in [0.1, 0.15) is 86.0 Å². The van der Waals surface area contributed by atoms with Crippen molar-refractivity contribution in [2.24, 2.45) is 23.2 Å². The summed E-state index contributed by atoms with van der Waals surface area (Å²) >= 11 is 0. The van der Waals surface area contributed by atoms with Gasteiger partial charge in [-0.2, -0.15) is 0 Å². The van der Waals surface area contributed by atoms with E-state index in [4.69, 9.17) is 0 Å². The van der Waals surface area contributed by atoms with Gasteiger partial charge in [-0.15, -0.1) is 0 Å². The van der Waals surface area contributed by atoms with Crippen molar-refractivity contribution in [1.29, 1.82) is 0 Å². The maximum absolute atomic E-state index is 12.9. The van der Waals surface area contributed by atoms with Gasteiger partial charge in [0.15, 0.2) is 0 Å². The molecule has 4 fully saturated rings. The molecule has 3 saturated heterocycles. The number of ketones is 1. The van der Waals surface area contributed by atoms with Crippen LogP contribution in [0.2, 0.25) is 0 Å². The zero-order chi connectivity index (χ0) is 22.9. The topological polar surface area (TPSA) is 52.7 Å². The minimum absolute atomic E-state index is 0.172. The molecule has 4 rings (SSSR count). The molecule has 31 heavy (non-hydrogen) atoms. The molecule has 0 aromatic rings. The highest BCUT2D eigenvalue weighted by Crippen LogP contribution is 2.37. The SMILES string of the molecule is CC.CC.CC(=O)C1CCC(C(=O)N2CCC(CN3CCC4(CCNC4)C3)CC2)CC1. The Bertz CT molecular complexity index is 543. The number of nitrogens with zero attached hydrogens (tertiary/aromatic N) is 2. The van der Waals surface area contributed by atoms with Crippen LogP contribution in [0, 0.1) is 23.2 Å². The molecular weight excluding hydrogens is 386 g/mol. The molecule has 0 aromatic heterocycles. The monoisotopic (exact) mass is 435 g/mol. The van der Waals surface area contributed by atoms with Crippen LogP contribution in [0.5, 0.6) is 0 Å². The van der Waals surface area contributed by atoms with Crippen LogP contribution in [0.3, 0.4) is 0 Å². The summed E-state index contributed by atoms with van der Waals surface area (Å²) in [5.41, 5.74) is 0.565. The highest BCUT2D eigenvalue weighted by atomic mass is 16.2. The van der Waals surface area contributed by atoms with E-state index in [2.05, 4.69) is 15.1 Å². The Kier molecular flexibility index (Phi) is 11.0. The molecule has 3 aliphatic heterocycles. The van der Waals surface area contributed by atoms with Gasteiger partial charge >= 0.3 is 0 Å². The Morgan fingerprint density at radius 2 is 1.48 bits per heavy atom. The van der Waals surface area contributed by atoms with E-state index in [9.17, 15) is 9.59 Å². The van der Waals surface area contributed by atoms with E-state index in [0.717, 1.165) is 57.5 Å². The largest absolute Gasteiger partial charge is 0.342 e. The number of nitrogens with one attached hydrogen (secondary N) is 1. The number of Topliss-reactive ketones (excluding diaryl/α,β-unsaturated/α-hetero) is 1. The summed E-state index contributed by atoms with van der Waals surface area (Å²) in [5.74, 6) is 1.81. The Balaban J connectivity index is 0.000000807. The van der Waals surface area contributed by atoms with Crippen LogP contribution < -0.4 is 5.32 Å². The van der Waals surface area contributed by atoms with Gasteiger partial charge in [0.1, 0.15) is 5.78 Å². The Labute approximate surface area is 191 Å². The number of hydrogen-bond donors (Lipinski definition) is 1. The van der Waals surface area contributed by atoms with Crippen molar-refractivity contribution in [2.75, 3.05) is 45.8 Å². The fraction of sp³-hybridized carbons (Fsp3) is 0.923. The highest BCUT2D eigenvalue weighted by Gasteiger charge is 2.41. The quantitative estimate of drug-likeness (QED) is 0.713. The van der Waals surface area contributed by atoms with E-state index in [1.807, 2.05) is 27.7 Å². The molecule has 1 N–H and O–H groups in total. The Morgan fingerprint density at radius 1 is 0.871 bits per heavy atom. The lowest BCUT2D eigenvalue weighted by Crippen LogP contribution is -2.44. The molecule has 3 heterocycles. The summed E-state index contributed by atoms with van der Waals surface area (Å²) in [6.45, 7) is 17.8. The number of piperidine rings is 1. The lowest BCUT2D eigenvalue weighted by molar-refractivity contribution is -0.139. The minimum atomic E-state index is 0.172. The van der Waals surface area contributed by atoms with Gasteiger partial charge in [-0.3, -0.25) is 9.59 Å². The fourth-order valence-electron chi connectivity index (χ4n) is 6.03. The molecule has 1 amide bonds. The molecule has 1 unspecified atom stereocenters. The zero-order valence-corrected chi connectivity index (χ0v) is 21.0. The third-order valence-corrected chi connectivity index (χ3v) is 7.94. The van der Waals surface area contributed by atoms with Gasteiger partial charge in [0.2, 0.25) is 5.91 Å². The van der Waals surface area contributed by atoms with Crippen LogP contribution in [-0.4, -0.2) is 67.3 Å². The van der Waals surface area contributed by atoms with E-state index >= 15 is 0 Å². The van der Waals surface area contributed by atoms with Crippen LogP contribution in [-0.2, 0) is 9.59 Å². The lowest BCUT2D eigenvalue weighted by atomic mass is 9.79. The van der Waals surface area contributed by atoms with Crippen molar-refractivity contribution in [1.82, 2.24) is 15.1 Å². The molecule has 5 heteroatoms. The van der Waals surface area contributed by atoms with E-state index in [0.29, 0.717) is 17.1 Å². The average molecular weight is 436 g/mol. The molecule has 5 nitrogen and oxygen atoms in total. The van der Waals surface area contributed by atoms with Crippen molar-refractivity contribution in [3.05, 3.63) is 0 Å². The second-order valence-electron chi connectivity index (χ2n) is 9.84. The maximum Gasteiger partial charge on any atom is 0.225 e. The highest BCUT2D eigenvalue weighted by molar-refractivity contribution is 5.81. The normalized spacial score (nSPS) is 31.6. The predicted octanol–water partition coefficient (Wildman–Crippen LogP) is 4.36. The van der Waals surface area contributed by atoms with Crippen molar-refractivity contribution >= 4 is 11.7 Å². The maximum atomic E-state index is 12.9. The number of carbonyl (C=O) groups excluding carboxylic acids is 2. The molecule has 0 bridgehead atoms. The second kappa shape index (κ2) is 12.9. The van der Waals surface area contributed by atoms with Crippen molar-refractivity contribution in [3.8, 4) is 0 Å². The predicted molar refractivity (Wildman–Crippen MR) is 129 cm³/mol. The molecular formula is C26H49N3O2. The van der Waals surface area contributed by atoms with Crippen molar-refractivity contribution in [3.63, 3.8) is 0 Å². The van der Waals surface area contributed by atoms with E-state index in [1.54, 1.807) is 6.92 Å². The summed E-state index contributed by atoms with van der Waals surface area (Å²) in [5, 5.41) is 3.55. The summed E-state index contributed by atoms with van der Waals surface area (Å²) in [7, 11) is 0. The van der Waals surface area contributed by atoms with Gasteiger partial charge in [-0.25, -0.2) is 0 Å². The summed E-state index contributed by atoms with van der Waals surface area (Å²) in [4.78, 5) is 29.2. The molecule has 1 saturated carbocycles. The van der Waals surface area contributed by atoms with Gasteiger partial charge in [0.25, 0.3) is 0 Å². The number of hydrogen-bond acceptors (Lipinski definition) is 4. The zero-order valence-electron chi connectivity index (χ0n) is 21.0.